The molecule has 1 N–H and O–H groups in total. The van der Waals surface area contributed by atoms with Gasteiger partial charge < -0.3 is 9.84 Å². The molecule has 132 valence electrons. The van der Waals surface area contributed by atoms with E-state index in [1.807, 2.05) is 30.3 Å². The molecule has 0 bridgehead atoms. The van der Waals surface area contributed by atoms with Crippen LogP contribution < -0.4 is 4.74 Å². The normalized spacial score (nSPS) is 11.7. The number of sulfonamides is 1. The zero-order chi connectivity index (χ0) is 18.7. The summed E-state index contributed by atoms with van der Waals surface area (Å²) < 4.78 is 33.9. The second-order valence-corrected chi connectivity index (χ2v) is 7.07. The Morgan fingerprint density at radius 2 is 1.73 bits per heavy atom. The highest BCUT2D eigenvalue weighted by atomic mass is 32.2. The zero-order valence-corrected chi connectivity index (χ0v) is 14.6. The minimum Gasteiger partial charge on any atom is -0.496 e. The molecule has 3 aromatic rings. The molecule has 0 radical (unpaired) electrons. The van der Waals surface area contributed by atoms with Crippen LogP contribution in [0.2, 0.25) is 0 Å². The molecule has 7 heteroatoms. The van der Waals surface area contributed by atoms with Gasteiger partial charge in [-0.15, -0.1) is 0 Å². The zero-order valence-electron chi connectivity index (χ0n) is 13.8. The van der Waals surface area contributed by atoms with Gasteiger partial charge in [-0.05, 0) is 41.1 Å². The van der Waals surface area contributed by atoms with Gasteiger partial charge in [-0.2, -0.15) is 12.8 Å². The molecule has 3 rings (SSSR count). The molecule has 0 amide bonds. The molecular formula is C19H15NO5S. The third-order valence-corrected chi connectivity index (χ3v) is 5.12. The molecular weight excluding hydrogens is 354 g/mol. The van der Waals surface area contributed by atoms with E-state index in [-0.39, 0.29) is 10.5 Å². The van der Waals surface area contributed by atoms with Gasteiger partial charge in [-0.1, -0.05) is 30.3 Å². The number of ether oxygens (including phenoxy) is 1. The first-order valence-corrected chi connectivity index (χ1v) is 9.06. The van der Waals surface area contributed by atoms with E-state index in [0.717, 1.165) is 10.8 Å². The minimum atomic E-state index is -3.97. The van der Waals surface area contributed by atoms with Crippen LogP contribution in [0.25, 0.3) is 10.8 Å². The third-order valence-electron chi connectivity index (χ3n) is 3.87. The molecule has 0 aliphatic carbocycles. The molecule has 3 aromatic carbocycles. The van der Waals surface area contributed by atoms with Crippen molar-refractivity contribution >= 4 is 33.0 Å². The number of rotatable bonds is 5. The molecule has 0 aliphatic heterocycles. The Balaban J connectivity index is 2.03. The van der Waals surface area contributed by atoms with Gasteiger partial charge in [-0.25, -0.2) is 4.79 Å². The van der Waals surface area contributed by atoms with E-state index >= 15 is 0 Å². The van der Waals surface area contributed by atoms with Gasteiger partial charge >= 0.3 is 5.97 Å². The summed E-state index contributed by atoms with van der Waals surface area (Å²) in [6.45, 7) is 0. The van der Waals surface area contributed by atoms with E-state index in [1.54, 1.807) is 6.07 Å². The fourth-order valence-electron chi connectivity index (χ4n) is 2.54. The number of benzene rings is 3. The highest BCUT2D eigenvalue weighted by Crippen LogP contribution is 2.27. The van der Waals surface area contributed by atoms with Crippen molar-refractivity contribution in [3.05, 3.63) is 71.8 Å². The minimum absolute atomic E-state index is 0.00338. The van der Waals surface area contributed by atoms with E-state index < -0.39 is 16.0 Å². The van der Waals surface area contributed by atoms with Crippen LogP contribution in [0.15, 0.2) is 70.0 Å². The maximum atomic E-state index is 12.4. The van der Waals surface area contributed by atoms with Crippen molar-refractivity contribution in [1.29, 1.82) is 0 Å². The highest BCUT2D eigenvalue weighted by Gasteiger charge is 2.14. The maximum Gasteiger partial charge on any atom is 0.335 e. The standard InChI is InChI=1S/C19H15NO5S/c1-25-18-11-8-13-4-2-3-5-16(13)17(18)12-20-26(23,24)15-9-6-14(7-10-15)19(21)22/h2-12H,1H3,(H,21,22). The number of carboxylic acid groups (broad SMARTS) is 1. The molecule has 0 aliphatic rings. The van der Waals surface area contributed by atoms with Crippen LogP contribution in [0.3, 0.4) is 0 Å². The molecule has 6 nitrogen and oxygen atoms in total. The first-order valence-electron chi connectivity index (χ1n) is 7.62. The van der Waals surface area contributed by atoms with Gasteiger partial charge in [0, 0.05) is 5.56 Å². The summed E-state index contributed by atoms with van der Waals surface area (Å²) in [6.07, 6.45) is 1.25. The van der Waals surface area contributed by atoms with Crippen molar-refractivity contribution in [2.75, 3.05) is 7.11 Å². The number of methoxy groups -OCH3 is 1. The summed E-state index contributed by atoms with van der Waals surface area (Å²) in [5.74, 6) is -0.623. The number of hydrogen-bond donors (Lipinski definition) is 1. The lowest BCUT2D eigenvalue weighted by molar-refractivity contribution is 0.0696. The van der Waals surface area contributed by atoms with Crippen molar-refractivity contribution in [1.82, 2.24) is 0 Å². The van der Waals surface area contributed by atoms with Gasteiger partial charge in [0.05, 0.1) is 23.8 Å². The molecule has 0 saturated heterocycles. The molecule has 0 fully saturated rings. The summed E-state index contributed by atoms with van der Waals surface area (Å²) >= 11 is 0. The summed E-state index contributed by atoms with van der Waals surface area (Å²) in [6, 6.07) is 16.0. The summed E-state index contributed by atoms with van der Waals surface area (Å²) in [5, 5.41) is 10.6. The van der Waals surface area contributed by atoms with E-state index in [4.69, 9.17) is 9.84 Å². The van der Waals surface area contributed by atoms with Crippen molar-refractivity contribution < 1.29 is 23.1 Å². The van der Waals surface area contributed by atoms with Crippen LogP contribution in [0, 0.1) is 0 Å². The second-order valence-electron chi connectivity index (χ2n) is 5.44. The Kier molecular flexibility index (Phi) is 4.73. The SMILES string of the molecule is COc1ccc2ccccc2c1C=NS(=O)(=O)c1ccc(C(=O)O)cc1. The number of aromatic carboxylic acids is 1. The van der Waals surface area contributed by atoms with E-state index in [1.165, 1.54) is 37.6 Å². The molecule has 0 aromatic heterocycles. The first kappa shape index (κ1) is 17.6. The van der Waals surface area contributed by atoms with Gasteiger partial charge in [0.25, 0.3) is 10.0 Å². The smallest absolute Gasteiger partial charge is 0.335 e. The Hall–Kier alpha value is -3.19. The van der Waals surface area contributed by atoms with Gasteiger partial charge in [0.15, 0.2) is 0 Å². The van der Waals surface area contributed by atoms with Gasteiger partial charge in [-0.3, -0.25) is 0 Å². The highest BCUT2D eigenvalue weighted by molar-refractivity contribution is 7.90. The monoisotopic (exact) mass is 369 g/mol. The Labute approximate surface area is 150 Å². The first-order chi connectivity index (χ1) is 12.4. The predicted octanol–water partition coefficient (Wildman–Crippen LogP) is 3.35. The lowest BCUT2D eigenvalue weighted by atomic mass is 10.0. The molecule has 0 atom stereocenters. The van der Waals surface area contributed by atoms with Gasteiger partial charge in [0.2, 0.25) is 0 Å². The van der Waals surface area contributed by atoms with Crippen LogP contribution in [0.5, 0.6) is 5.75 Å². The van der Waals surface area contributed by atoms with Crippen LogP contribution >= 0.6 is 0 Å². The Morgan fingerprint density at radius 3 is 2.38 bits per heavy atom. The number of carboxylic acids is 1. The van der Waals surface area contributed by atoms with E-state index in [2.05, 4.69) is 4.40 Å². The van der Waals surface area contributed by atoms with Gasteiger partial charge in [0.1, 0.15) is 5.75 Å². The maximum absolute atomic E-state index is 12.4. The fourth-order valence-corrected chi connectivity index (χ4v) is 3.39. The Bertz CT molecular complexity index is 1100. The number of carbonyl (C=O) groups is 1. The predicted molar refractivity (Wildman–Crippen MR) is 98.7 cm³/mol. The molecule has 26 heavy (non-hydrogen) atoms. The van der Waals surface area contributed by atoms with Crippen LogP contribution in [0.4, 0.5) is 0 Å². The lowest BCUT2D eigenvalue weighted by Crippen LogP contribution is -2.01. The quantitative estimate of drug-likeness (QED) is 0.696. The third kappa shape index (κ3) is 3.43. The van der Waals surface area contributed by atoms with Crippen molar-refractivity contribution in [3.63, 3.8) is 0 Å². The van der Waals surface area contributed by atoms with Crippen LogP contribution in [0.1, 0.15) is 15.9 Å². The van der Waals surface area contributed by atoms with Crippen molar-refractivity contribution in [3.8, 4) is 5.75 Å². The summed E-state index contributed by atoms with van der Waals surface area (Å²) in [4.78, 5) is 10.8. The lowest BCUT2D eigenvalue weighted by Gasteiger charge is -2.08. The fraction of sp³-hybridized carbons (Fsp3) is 0.0526. The largest absolute Gasteiger partial charge is 0.496 e. The van der Waals surface area contributed by atoms with Crippen molar-refractivity contribution in [2.24, 2.45) is 4.40 Å². The van der Waals surface area contributed by atoms with E-state index in [9.17, 15) is 13.2 Å². The number of nitrogens with zero attached hydrogens (tertiary/aromatic N) is 1. The number of fused-ring (bicyclic) bond motifs is 1. The molecule has 0 heterocycles. The Morgan fingerprint density at radius 1 is 1.04 bits per heavy atom. The topological polar surface area (TPSA) is 93.0 Å². The van der Waals surface area contributed by atoms with Crippen LogP contribution in [-0.4, -0.2) is 32.8 Å². The second kappa shape index (κ2) is 6.97. The molecule has 0 spiro atoms. The van der Waals surface area contributed by atoms with Crippen LogP contribution in [-0.2, 0) is 10.0 Å². The average Bonchev–Trinajstić information content (AvgIpc) is 2.66. The van der Waals surface area contributed by atoms with E-state index in [0.29, 0.717) is 11.3 Å². The van der Waals surface area contributed by atoms with Crippen molar-refractivity contribution in [2.45, 2.75) is 4.90 Å². The summed E-state index contributed by atoms with van der Waals surface area (Å²) in [7, 11) is -2.47. The molecule has 0 unspecified atom stereocenters. The number of hydrogen-bond acceptors (Lipinski definition) is 4. The molecule has 0 saturated carbocycles. The average molecular weight is 369 g/mol. The summed E-state index contributed by atoms with van der Waals surface area (Å²) in [5.41, 5.74) is 0.556.